The molecule has 1 saturated heterocycles. The molecule has 0 aliphatic carbocycles. The summed E-state index contributed by atoms with van der Waals surface area (Å²) in [6, 6.07) is 3.74. The smallest absolute Gasteiger partial charge is 0.255 e. The number of aryl methyl sites for hydroxylation is 1. The van der Waals surface area contributed by atoms with Crippen LogP contribution in [0.15, 0.2) is 29.7 Å². The molecule has 166 valence electrons. The Morgan fingerprint density at radius 2 is 1.87 bits per heavy atom. The fourth-order valence-electron chi connectivity index (χ4n) is 4.20. The van der Waals surface area contributed by atoms with Gasteiger partial charge in [0.2, 0.25) is 5.95 Å². The highest BCUT2D eigenvalue weighted by molar-refractivity contribution is 7.14. The van der Waals surface area contributed by atoms with Crippen LogP contribution in [0, 0.1) is 0 Å². The molecule has 2 aromatic rings. The Bertz CT molecular complexity index is 908. The van der Waals surface area contributed by atoms with Crippen molar-refractivity contribution in [2.24, 2.45) is 5.16 Å². The molecule has 4 heterocycles. The van der Waals surface area contributed by atoms with Crippen LogP contribution in [0.2, 0.25) is 0 Å². The first-order valence-electron chi connectivity index (χ1n) is 11.0. The van der Waals surface area contributed by atoms with E-state index in [1.165, 1.54) is 0 Å². The summed E-state index contributed by atoms with van der Waals surface area (Å²) < 4.78 is 0. The van der Waals surface area contributed by atoms with E-state index >= 15 is 0 Å². The number of unbranched alkanes of at least 4 members (excludes halogenated alkanes) is 1. The Kier molecular flexibility index (Phi) is 7.14. The van der Waals surface area contributed by atoms with E-state index in [4.69, 9.17) is 5.21 Å². The number of piperazine rings is 1. The number of carbonyl (C=O) groups is 1. The van der Waals surface area contributed by atoms with Crippen LogP contribution in [0.1, 0.15) is 46.3 Å². The Balaban J connectivity index is 1.22. The van der Waals surface area contributed by atoms with Gasteiger partial charge < -0.3 is 15.0 Å². The fourth-order valence-corrected chi connectivity index (χ4v) is 5.34. The molecular formula is C22H30N6O2S. The number of hydrogen-bond donors (Lipinski definition) is 1. The van der Waals surface area contributed by atoms with Crippen LogP contribution < -0.4 is 4.90 Å². The quantitative estimate of drug-likeness (QED) is 0.307. The lowest BCUT2D eigenvalue weighted by Gasteiger charge is -2.34. The van der Waals surface area contributed by atoms with Crippen LogP contribution in [0.5, 0.6) is 0 Å². The molecule has 2 aliphatic rings. The molecule has 0 spiro atoms. The summed E-state index contributed by atoms with van der Waals surface area (Å²) in [5.74, 6) is 0.940. The van der Waals surface area contributed by atoms with Gasteiger partial charge in [0.05, 0.1) is 16.2 Å². The maximum atomic E-state index is 13.0. The first-order chi connectivity index (χ1) is 15.2. The van der Waals surface area contributed by atoms with Gasteiger partial charge in [-0.25, -0.2) is 9.97 Å². The lowest BCUT2D eigenvalue weighted by atomic mass is 10.1. The molecule has 4 rings (SSSR count). The summed E-state index contributed by atoms with van der Waals surface area (Å²) in [7, 11) is 0. The lowest BCUT2D eigenvalue weighted by molar-refractivity contribution is 0.0756. The number of oxime groups is 1. The summed E-state index contributed by atoms with van der Waals surface area (Å²) in [6.07, 6.45) is 7.58. The lowest BCUT2D eigenvalue weighted by Crippen LogP contribution is -2.47. The molecule has 9 heteroatoms. The average Bonchev–Trinajstić information content (AvgIpc) is 3.19. The van der Waals surface area contributed by atoms with Gasteiger partial charge in [0, 0.05) is 56.5 Å². The molecule has 0 unspecified atom stereocenters. The van der Waals surface area contributed by atoms with E-state index in [9.17, 15) is 4.79 Å². The molecule has 2 aliphatic heterocycles. The first kappa shape index (κ1) is 21.7. The van der Waals surface area contributed by atoms with Crippen LogP contribution in [0.3, 0.4) is 0 Å². The molecular weight excluding hydrogens is 412 g/mol. The van der Waals surface area contributed by atoms with E-state index in [2.05, 4.69) is 24.9 Å². The number of carbonyl (C=O) groups excluding carboxylic acids is 1. The van der Waals surface area contributed by atoms with Crippen molar-refractivity contribution in [1.82, 2.24) is 19.8 Å². The zero-order chi connectivity index (χ0) is 21.6. The van der Waals surface area contributed by atoms with Gasteiger partial charge in [-0.1, -0.05) is 5.16 Å². The van der Waals surface area contributed by atoms with Gasteiger partial charge in [0.25, 0.3) is 5.91 Å². The van der Waals surface area contributed by atoms with E-state index in [1.807, 2.05) is 17.0 Å². The molecule has 0 bridgehead atoms. The van der Waals surface area contributed by atoms with E-state index in [0.29, 0.717) is 5.71 Å². The third-order valence-electron chi connectivity index (χ3n) is 6.02. The SMILES string of the molecule is C/C(=N\O)c1cc2c(s1)CCCN(CCCCN1CCN(c3ncccn3)CC1)C2=O. The summed E-state index contributed by atoms with van der Waals surface area (Å²) in [5, 5.41) is 12.3. The molecule has 0 saturated carbocycles. The number of thiophene rings is 1. The maximum Gasteiger partial charge on any atom is 0.255 e. The molecule has 2 aromatic heterocycles. The summed E-state index contributed by atoms with van der Waals surface area (Å²) in [4.78, 5) is 30.4. The normalized spacial score (nSPS) is 18.2. The molecule has 0 radical (unpaired) electrons. The van der Waals surface area contributed by atoms with E-state index < -0.39 is 0 Å². The average molecular weight is 443 g/mol. The van der Waals surface area contributed by atoms with E-state index in [1.54, 1.807) is 30.7 Å². The number of anilines is 1. The standard InChI is InChI=1S/C22H30N6O2S/c1-17(25-30)20-16-18-19(31-20)6-4-11-27(21(18)29)10-3-2-9-26-12-14-28(15-13-26)22-23-7-5-8-24-22/h5,7-8,16,30H,2-4,6,9-15H2,1H3/b25-17+. The molecule has 0 atom stereocenters. The van der Waals surface area contributed by atoms with Crippen molar-refractivity contribution >= 4 is 28.9 Å². The van der Waals surface area contributed by atoms with Gasteiger partial charge in [-0.05, 0) is 51.3 Å². The van der Waals surface area contributed by atoms with Crippen molar-refractivity contribution in [2.75, 3.05) is 50.7 Å². The van der Waals surface area contributed by atoms with Gasteiger partial charge in [-0.3, -0.25) is 9.69 Å². The van der Waals surface area contributed by atoms with Crippen molar-refractivity contribution < 1.29 is 10.0 Å². The third-order valence-corrected chi connectivity index (χ3v) is 7.33. The van der Waals surface area contributed by atoms with Gasteiger partial charge in [-0.2, -0.15) is 0 Å². The van der Waals surface area contributed by atoms with Crippen LogP contribution in [-0.4, -0.2) is 82.4 Å². The van der Waals surface area contributed by atoms with Gasteiger partial charge in [-0.15, -0.1) is 11.3 Å². The number of nitrogens with zero attached hydrogens (tertiary/aromatic N) is 6. The van der Waals surface area contributed by atoms with E-state index in [-0.39, 0.29) is 5.91 Å². The number of aromatic nitrogens is 2. The van der Waals surface area contributed by atoms with Crippen LogP contribution in [-0.2, 0) is 6.42 Å². The highest BCUT2D eigenvalue weighted by atomic mass is 32.1. The highest BCUT2D eigenvalue weighted by Crippen LogP contribution is 2.28. The second-order valence-corrected chi connectivity index (χ2v) is 9.25. The number of rotatable bonds is 7. The van der Waals surface area contributed by atoms with Crippen LogP contribution in [0.4, 0.5) is 5.95 Å². The Morgan fingerprint density at radius 3 is 2.61 bits per heavy atom. The van der Waals surface area contributed by atoms with E-state index in [0.717, 1.165) is 92.8 Å². The van der Waals surface area contributed by atoms with Crippen molar-refractivity contribution in [3.05, 3.63) is 39.8 Å². The summed E-state index contributed by atoms with van der Waals surface area (Å²) >= 11 is 1.57. The Morgan fingerprint density at radius 1 is 1.13 bits per heavy atom. The molecule has 1 fully saturated rings. The zero-order valence-corrected chi connectivity index (χ0v) is 18.9. The van der Waals surface area contributed by atoms with Crippen molar-refractivity contribution in [2.45, 2.75) is 32.6 Å². The van der Waals surface area contributed by atoms with Gasteiger partial charge in [0.15, 0.2) is 0 Å². The van der Waals surface area contributed by atoms with Gasteiger partial charge in [0.1, 0.15) is 0 Å². The number of amides is 1. The second kappa shape index (κ2) is 10.2. The fraction of sp³-hybridized carbons (Fsp3) is 0.545. The molecule has 1 amide bonds. The summed E-state index contributed by atoms with van der Waals surface area (Å²) in [6.45, 7) is 8.39. The highest BCUT2D eigenvalue weighted by Gasteiger charge is 2.25. The largest absolute Gasteiger partial charge is 0.411 e. The number of hydrogen-bond acceptors (Lipinski definition) is 8. The molecule has 31 heavy (non-hydrogen) atoms. The number of fused-ring (bicyclic) bond motifs is 1. The summed E-state index contributed by atoms with van der Waals surface area (Å²) in [5.41, 5.74) is 1.36. The minimum Gasteiger partial charge on any atom is -0.411 e. The van der Waals surface area contributed by atoms with Crippen LogP contribution in [0.25, 0.3) is 0 Å². The minimum absolute atomic E-state index is 0.122. The molecule has 0 aromatic carbocycles. The van der Waals surface area contributed by atoms with Gasteiger partial charge >= 0.3 is 0 Å². The minimum atomic E-state index is 0.122. The predicted octanol–water partition coefficient (Wildman–Crippen LogP) is 2.73. The first-order valence-corrected chi connectivity index (χ1v) is 11.8. The van der Waals surface area contributed by atoms with Crippen LogP contribution >= 0.6 is 11.3 Å². The molecule has 1 N–H and O–H groups in total. The second-order valence-electron chi connectivity index (χ2n) is 8.11. The van der Waals surface area contributed by atoms with Crippen molar-refractivity contribution in [3.63, 3.8) is 0 Å². The molecule has 8 nitrogen and oxygen atoms in total. The monoisotopic (exact) mass is 442 g/mol. The Labute approximate surface area is 187 Å². The van der Waals surface area contributed by atoms with Crippen molar-refractivity contribution in [1.29, 1.82) is 0 Å². The maximum absolute atomic E-state index is 13.0. The Hall–Kier alpha value is -2.52. The third kappa shape index (κ3) is 5.22. The topological polar surface area (TPSA) is 85.2 Å². The predicted molar refractivity (Wildman–Crippen MR) is 122 cm³/mol. The van der Waals surface area contributed by atoms with Crippen molar-refractivity contribution in [3.8, 4) is 0 Å². The zero-order valence-electron chi connectivity index (χ0n) is 18.0.